The van der Waals surface area contributed by atoms with E-state index in [0.29, 0.717) is 18.1 Å². The lowest BCUT2D eigenvalue weighted by atomic mass is 9.88. The van der Waals surface area contributed by atoms with Gasteiger partial charge in [0.05, 0.1) is 17.2 Å². The molecule has 1 aromatic carbocycles. The molecule has 0 amide bonds. The lowest BCUT2D eigenvalue weighted by Gasteiger charge is -2.36. The zero-order valence-corrected chi connectivity index (χ0v) is 10.9. The van der Waals surface area contributed by atoms with Crippen molar-refractivity contribution in [2.24, 2.45) is 0 Å². The van der Waals surface area contributed by atoms with E-state index >= 15 is 0 Å². The van der Waals surface area contributed by atoms with E-state index in [0.717, 1.165) is 16.9 Å². The van der Waals surface area contributed by atoms with Crippen LogP contribution in [0.25, 0.3) is 0 Å². The van der Waals surface area contributed by atoms with Crippen molar-refractivity contribution in [2.75, 3.05) is 6.61 Å². The number of carbonyl (C=O) groups is 1. The van der Waals surface area contributed by atoms with Gasteiger partial charge in [-0.05, 0) is 25.5 Å². The number of halogens is 1. The third-order valence-electron chi connectivity index (χ3n) is 3.03. The molecule has 0 fully saturated rings. The van der Waals surface area contributed by atoms with E-state index in [9.17, 15) is 4.79 Å². The Hall–Kier alpha value is -1.22. The third kappa shape index (κ3) is 2.12. The summed E-state index contributed by atoms with van der Waals surface area (Å²) in [6.07, 6.45) is 0.614. The quantitative estimate of drug-likeness (QED) is 0.722. The van der Waals surface area contributed by atoms with Gasteiger partial charge in [-0.3, -0.25) is 4.79 Å². The zero-order valence-electron chi connectivity index (χ0n) is 10.2. The van der Waals surface area contributed by atoms with Crippen LogP contribution in [-0.2, 0) is 15.1 Å². The Balaban J connectivity index is 2.57. The maximum absolute atomic E-state index is 11.2. The van der Waals surface area contributed by atoms with Crippen molar-refractivity contribution in [3.05, 3.63) is 28.3 Å². The lowest BCUT2D eigenvalue weighted by molar-refractivity contribution is -0.159. The fraction of sp³-hybridized carbons (Fsp3) is 0.462. The third-order valence-corrected chi connectivity index (χ3v) is 3.34. The molecule has 0 saturated carbocycles. The smallest absolute Gasteiger partial charge is 0.303 e. The summed E-state index contributed by atoms with van der Waals surface area (Å²) in [5.74, 6) is 0.436. The summed E-state index contributed by atoms with van der Waals surface area (Å²) in [6.45, 7) is 5.76. The Bertz CT molecular complexity index is 470. The van der Waals surface area contributed by atoms with Gasteiger partial charge in [0.2, 0.25) is 0 Å². The van der Waals surface area contributed by atoms with Gasteiger partial charge in [0.1, 0.15) is 11.4 Å². The molecular weight excluding hydrogens is 240 g/mol. The van der Waals surface area contributed by atoms with E-state index in [-0.39, 0.29) is 5.97 Å². The topological polar surface area (TPSA) is 35.5 Å². The highest BCUT2D eigenvalue weighted by Gasteiger charge is 2.39. The van der Waals surface area contributed by atoms with Crippen LogP contribution in [-0.4, -0.2) is 12.6 Å². The number of ether oxygens (including phenoxy) is 2. The molecule has 1 atom stereocenters. The number of rotatable bonds is 1. The molecule has 1 aromatic rings. The molecule has 0 radical (unpaired) electrons. The molecule has 4 heteroatoms. The Morgan fingerprint density at radius 3 is 2.88 bits per heavy atom. The van der Waals surface area contributed by atoms with Crippen molar-refractivity contribution in [1.29, 1.82) is 0 Å². The molecule has 1 aliphatic heterocycles. The molecule has 1 aliphatic rings. The summed E-state index contributed by atoms with van der Waals surface area (Å²) in [7, 11) is 0. The molecule has 3 nitrogen and oxygen atoms in total. The van der Waals surface area contributed by atoms with Crippen molar-refractivity contribution < 1.29 is 14.3 Å². The number of hydrogen-bond acceptors (Lipinski definition) is 3. The van der Waals surface area contributed by atoms with Crippen LogP contribution in [0, 0.1) is 6.92 Å². The molecule has 1 heterocycles. The highest BCUT2D eigenvalue weighted by molar-refractivity contribution is 6.31. The predicted octanol–water partition coefficient (Wildman–Crippen LogP) is 3.21. The van der Waals surface area contributed by atoms with Crippen LogP contribution < -0.4 is 4.74 Å². The minimum atomic E-state index is -0.692. The van der Waals surface area contributed by atoms with Crippen LogP contribution in [0.3, 0.4) is 0 Å². The number of fused-ring (bicyclic) bond motifs is 1. The summed E-state index contributed by atoms with van der Waals surface area (Å²) in [5.41, 5.74) is 1.09. The van der Waals surface area contributed by atoms with Crippen LogP contribution in [0.1, 0.15) is 31.4 Å². The highest BCUT2D eigenvalue weighted by atomic mass is 35.5. The van der Waals surface area contributed by atoms with Gasteiger partial charge < -0.3 is 9.47 Å². The van der Waals surface area contributed by atoms with Crippen molar-refractivity contribution in [3.63, 3.8) is 0 Å². The molecule has 1 unspecified atom stereocenters. The van der Waals surface area contributed by atoms with E-state index in [1.807, 2.05) is 26.0 Å². The van der Waals surface area contributed by atoms with E-state index in [1.54, 1.807) is 0 Å². The summed E-state index contributed by atoms with van der Waals surface area (Å²) in [5, 5.41) is 0.578. The first-order valence-electron chi connectivity index (χ1n) is 5.56. The van der Waals surface area contributed by atoms with Crippen LogP contribution in [0.15, 0.2) is 12.1 Å². The van der Waals surface area contributed by atoms with Gasteiger partial charge in [-0.25, -0.2) is 0 Å². The van der Waals surface area contributed by atoms with Crippen molar-refractivity contribution in [2.45, 2.75) is 32.8 Å². The van der Waals surface area contributed by atoms with Crippen molar-refractivity contribution in [1.82, 2.24) is 0 Å². The summed E-state index contributed by atoms with van der Waals surface area (Å²) >= 11 is 6.21. The second-order valence-electron chi connectivity index (χ2n) is 4.49. The van der Waals surface area contributed by atoms with E-state index in [1.165, 1.54) is 6.92 Å². The number of hydrogen-bond donors (Lipinski definition) is 0. The van der Waals surface area contributed by atoms with Gasteiger partial charge in [0.25, 0.3) is 0 Å². The minimum Gasteiger partial charge on any atom is -0.493 e. The SMILES string of the molecule is CC(=O)OC1(C)CCOc2c(C)ccc(Cl)c21. The second kappa shape index (κ2) is 4.22. The number of aryl methyl sites for hydroxylation is 1. The highest BCUT2D eigenvalue weighted by Crippen LogP contribution is 2.45. The Morgan fingerprint density at radius 1 is 1.53 bits per heavy atom. The molecule has 0 saturated heterocycles. The van der Waals surface area contributed by atoms with Gasteiger partial charge in [-0.1, -0.05) is 17.7 Å². The number of esters is 1. The second-order valence-corrected chi connectivity index (χ2v) is 4.90. The standard InChI is InChI=1S/C13H15ClO3/c1-8-4-5-10(14)11-12(8)16-7-6-13(11,3)17-9(2)15/h4-5H,6-7H2,1-3H3. The number of benzene rings is 1. The van der Waals surface area contributed by atoms with Gasteiger partial charge in [0.15, 0.2) is 0 Å². The molecule has 0 aliphatic carbocycles. The largest absolute Gasteiger partial charge is 0.493 e. The zero-order chi connectivity index (χ0) is 12.6. The fourth-order valence-corrected chi connectivity index (χ4v) is 2.58. The van der Waals surface area contributed by atoms with Gasteiger partial charge in [0, 0.05) is 13.3 Å². The normalized spacial score (nSPS) is 22.6. The molecular formula is C13H15ClO3. The van der Waals surface area contributed by atoms with Crippen LogP contribution in [0.5, 0.6) is 5.75 Å². The maximum Gasteiger partial charge on any atom is 0.303 e. The monoisotopic (exact) mass is 254 g/mol. The molecule has 0 N–H and O–H groups in total. The van der Waals surface area contributed by atoms with E-state index < -0.39 is 5.60 Å². The average Bonchev–Trinajstić information content (AvgIpc) is 2.22. The van der Waals surface area contributed by atoms with Crippen LogP contribution >= 0.6 is 11.6 Å². The lowest BCUT2D eigenvalue weighted by Crippen LogP contribution is -2.35. The van der Waals surface area contributed by atoms with Crippen molar-refractivity contribution >= 4 is 17.6 Å². The van der Waals surface area contributed by atoms with Gasteiger partial charge in [-0.2, -0.15) is 0 Å². The summed E-state index contributed by atoms with van der Waals surface area (Å²) in [4.78, 5) is 11.2. The Kier molecular flexibility index (Phi) is 3.04. The molecule has 0 bridgehead atoms. The van der Waals surface area contributed by atoms with E-state index in [4.69, 9.17) is 21.1 Å². The van der Waals surface area contributed by atoms with Gasteiger partial charge >= 0.3 is 5.97 Å². The predicted molar refractivity (Wildman–Crippen MR) is 65.4 cm³/mol. The summed E-state index contributed by atoms with van der Waals surface area (Å²) < 4.78 is 11.1. The van der Waals surface area contributed by atoms with E-state index in [2.05, 4.69) is 0 Å². The Labute approximate surface area is 106 Å². The van der Waals surface area contributed by atoms with Crippen LogP contribution in [0.2, 0.25) is 5.02 Å². The molecule has 2 rings (SSSR count). The molecule has 17 heavy (non-hydrogen) atoms. The number of carbonyl (C=O) groups excluding carboxylic acids is 1. The first-order valence-corrected chi connectivity index (χ1v) is 5.94. The fourth-order valence-electron chi connectivity index (χ4n) is 2.23. The maximum atomic E-state index is 11.2. The summed E-state index contributed by atoms with van der Waals surface area (Å²) in [6, 6.07) is 3.72. The first-order chi connectivity index (χ1) is 7.94. The molecule has 0 aromatic heterocycles. The van der Waals surface area contributed by atoms with Crippen molar-refractivity contribution in [3.8, 4) is 5.75 Å². The minimum absolute atomic E-state index is 0.307. The molecule has 0 spiro atoms. The van der Waals surface area contributed by atoms with Gasteiger partial charge in [-0.15, -0.1) is 0 Å². The van der Waals surface area contributed by atoms with Crippen LogP contribution in [0.4, 0.5) is 0 Å². The first kappa shape index (κ1) is 12.2. The average molecular weight is 255 g/mol. The molecule has 92 valence electrons. The Morgan fingerprint density at radius 2 is 2.24 bits per heavy atom.